The molecule has 0 saturated heterocycles. The van der Waals surface area contributed by atoms with Crippen LogP contribution in [-0.2, 0) is 0 Å². The van der Waals surface area contributed by atoms with E-state index < -0.39 is 5.54 Å². The Labute approximate surface area is 127 Å². The molecule has 5 heteroatoms. The largest absolute Gasteiger partial charge is 0.391 e. The van der Waals surface area contributed by atoms with Gasteiger partial charge in [-0.1, -0.05) is 41.0 Å². The molecule has 19 heavy (non-hydrogen) atoms. The van der Waals surface area contributed by atoms with E-state index in [-0.39, 0.29) is 5.91 Å². The predicted octanol–water partition coefficient (Wildman–Crippen LogP) is 3.09. The maximum atomic E-state index is 12.4. The van der Waals surface area contributed by atoms with E-state index in [0.29, 0.717) is 10.6 Å². The highest BCUT2D eigenvalue weighted by atomic mass is 79.9. The highest BCUT2D eigenvalue weighted by Gasteiger charge is 2.38. The Morgan fingerprint density at radius 1 is 1.42 bits per heavy atom. The zero-order valence-corrected chi connectivity index (χ0v) is 13.2. The van der Waals surface area contributed by atoms with Crippen LogP contribution in [0.15, 0.2) is 22.7 Å². The maximum absolute atomic E-state index is 12.4. The van der Waals surface area contributed by atoms with E-state index in [1.807, 2.05) is 25.1 Å². The molecule has 1 aliphatic rings. The van der Waals surface area contributed by atoms with Crippen LogP contribution in [0.1, 0.15) is 41.6 Å². The van der Waals surface area contributed by atoms with Crippen LogP contribution in [0.25, 0.3) is 0 Å². The Balaban J connectivity index is 2.22. The van der Waals surface area contributed by atoms with Gasteiger partial charge in [0.05, 0.1) is 10.5 Å². The van der Waals surface area contributed by atoms with Crippen LogP contribution in [-0.4, -0.2) is 16.4 Å². The lowest BCUT2D eigenvalue weighted by Gasteiger charge is -2.29. The van der Waals surface area contributed by atoms with E-state index in [1.54, 1.807) is 0 Å². The summed E-state index contributed by atoms with van der Waals surface area (Å²) in [5, 5.41) is 3.05. The van der Waals surface area contributed by atoms with Crippen molar-refractivity contribution in [2.45, 2.75) is 38.1 Å². The van der Waals surface area contributed by atoms with Crippen molar-refractivity contribution in [1.82, 2.24) is 5.32 Å². The molecule has 0 aromatic heterocycles. The molecule has 0 unspecified atom stereocenters. The lowest BCUT2D eigenvalue weighted by atomic mass is 9.96. The molecule has 3 N–H and O–H groups in total. The fourth-order valence-corrected chi connectivity index (χ4v) is 3.31. The van der Waals surface area contributed by atoms with Gasteiger partial charge in [-0.25, -0.2) is 0 Å². The Bertz CT molecular complexity index is 524. The van der Waals surface area contributed by atoms with Gasteiger partial charge >= 0.3 is 0 Å². The van der Waals surface area contributed by atoms with E-state index in [9.17, 15) is 4.79 Å². The summed E-state index contributed by atoms with van der Waals surface area (Å²) in [4.78, 5) is 12.8. The second-order valence-electron chi connectivity index (χ2n) is 5.07. The van der Waals surface area contributed by atoms with Gasteiger partial charge in [0.2, 0.25) is 0 Å². The van der Waals surface area contributed by atoms with Crippen molar-refractivity contribution in [2.24, 2.45) is 5.73 Å². The zero-order valence-electron chi connectivity index (χ0n) is 10.8. The van der Waals surface area contributed by atoms with Crippen molar-refractivity contribution in [3.05, 3.63) is 33.8 Å². The summed E-state index contributed by atoms with van der Waals surface area (Å²) in [5.74, 6) is -0.0975. The molecule has 1 aromatic rings. The first kappa shape index (κ1) is 14.5. The zero-order chi connectivity index (χ0) is 14.0. The number of carbonyl (C=O) groups is 1. The van der Waals surface area contributed by atoms with Crippen LogP contribution in [0.4, 0.5) is 0 Å². The summed E-state index contributed by atoms with van der Waals surface area (Å²) < 4.78 is 0.964. The van der Waals surface area contributed by atoms with Crippen LogP contribution in [0, 0.1) is 6.92 Å². The van der Waals surface area contributed by atoms with E-state index >= 15 is 0 Å². The lowest BCUT2D eigenvalue weighted by molar-refractivity contribution is 0.0924. The highest BCUT2D eigenvalue weighted by Crippen LogP contribution is 2.30. The van der Waals surface area contributed by atoms with E-state index in [4.69, 9.17) is 18.0 Å². The number of nitrogens with one attached hydrogen (secondary N) is 1. The summed E-state index contributed by atoms with van der Waals surface area (Å²) >= 11 is 8.54. The van der Waals surface area contributed by atoms with Crippen molar-refractivity contribution in [3.63, 3.8) is 0 Å². The summed E-state index contributed by atoms with van der Waals surface area (Å²) in [6, 6.07) is 5.61. The van der Waals surface area contributed by atoms with Gasteiger partial charge in [0.25, 0.3) is 5.91 Å². The van der Waals surface area contributed by atoms with Crippen molar-refractivity contribution >= 4 is 39.0 Å². The molecule has 1 aliphatic carbocycles. The smallest absolute Gasteiger partial charge is 0.252 e. The fraction of sp³-hybridized carbons (Fsp3) is 0.429. The average Bonchev–Trinajstić information content (AvgIpc) is 2.78. The molecular weight excluding hydrogens is 324 g/mol. The van der Waals surface area contributed by atoms with Gasteiger partial charge in [-0.05, 0) is 43.5 Å². The molecule has 1 fully saturated rings. The van der Waals surface area contributed by atoms with Gasteiger partial charge in [0, 0.05) is 10.0 Å². The number of rotatable bonds is 3. The monoisotopic (exact) mass is 340 g/mol. The molecule has 1 saturated carbocycles. The first-order chi connectivity index (χ1) is 8.94. The number of hydrogen-bond acceptors (Lipinski definition) is 2. The highest BCUT2D eigenvalue weighted by molar-refractivity contribution is 9.10. The summed E-state index contributed by atoms with van der Waals surface area (Å²) in [6.45, 7) is 1.92. The van der Waals surface area contributed by atoms with Crippen LogP contribution in [0.3, 0.4) is 0 Å². The van der Waals surface area contributed by atoms with Crippen LogP contribution in [0.2, 0.25) is 0 Å². The topological polar surface area (TPSA) is 55.1 Å². The first-order valence-corrected chi connectivity index (χ1v) is 7.53. The van der Waals surface area contributed by atoms with E-state index in [1.165, 1.54) is 0 Å². The quantitative estimate of drug-likeness (QED) is 0.831. The fourth-order valence-electron chi connectivity index (χ4n) is 2.58. The third kappa shape index (κ3) is 2.98. The molecule has 102 valence electrons. The number of aryl methyl sites for hydroxylation is 1. The normalized spacial score (nSPS) is 17.2. The van der Waals surface area contributed by atoms with Crippen molar-refractivity contribution < 1.29 is 4.79 Å². The van der Waals surface area contributed by atoms with Crippen LogP contribution >= 0.6 is 28.1 Å². The Morgan fingerprint density at radius 3 is 2.58 bits per heavy atom. The van der Waals surface area contributed by atoms with Gasteiger partial charge in [-0.15, -0.1) is 0 Å². The molecule has 0 heterocycles. The Hall–Kier alpha value is -0.940. The number of amides is 1. The first-order valence-electron chi connectivity index (χ1n) is 6.33. The van der Waals surface area contributed by atoms with Crippen molar-refractivity contribution in [1.29, 1.82) is 0 Å². The number of benzene rings is 1. The molecule has 0 spiro atoms. The number of nitrogens with two attached hydrogens (primary N) is 1. The van der Waals surface area contributed by atoms with Crippen molar-refractivity contribution in [3.8, 4) is 0 Å². The summed E-state index contributed by atoms with van der Waals surface area (Å²) in [7, 11) is 0. The minimum atomic E-state index is -0.494. The van der Waals surface area contributed by atoms with Gasteiger partial charge < -0.3 is 11.1 Å². The van der Waals surface area contributed by atoms with E-state index in [2.05, 4.69) is 21.2 Å². The third-order valence-corrected chi connectivity index (χ3v) is 4.60. The maximum Gasteiger partial charge on any atom is 0.252 e. The van der Waals surface area contributed by atoms with Crippen LogP contribution < -0.4 is 11.1 Å². The van der Waals surface area contributed by atoms with Crippen molar-refractivity contribution in [2.75, 3.05) is 0 Å². The second kappa shape index (κ2) is 5.59. The third-order valence-electron chi connectivity index (χ3n) is 3.71. The minimum Gasteiger partial charge on any atom is -0.391 e. The molecule has 1 aromatic carbocycles. The van der Waals surface area contributed by atoms with Gasteiger partial charge in [0.1, 0.15) is 0 Å². The van der Waals surface area contributed by atoms with Gasteiger partial charge in [-0.3, -0.25) is 4.79 Å². The van der Waals surface area contributed by atoms with Crippen LogP contribution in [0.5, 0.6) is 0 Å². The van der Waals surface area contributed by atoms with E-state index in [0.717, 1.165) is 35.7 Å². The Morgan fingerprint density at radius 2 is 2.05 bits per heavy atom. The minimum absolute atomic E-state index is 0.0975. The molecule has 2 rings (SSSR count). The average molecular weight is 341 g/mol. The Kier molecular flexibility index (Phi) is 4.26. The molecular formula is C14H17BrN2OS. The van der Waals surface area contributed by atoms with Gasteiger partial charge in [-0.2, -0.15) is 0 Å². The predicted molar refractivity (Wildman–Crippen MR) is 84.3 cm³/mol. The SMILES string of the molecule is Cc1cc(Br)ccc1C(=O)NC1(C(N)=S)CCCC1. The summed E-state index contributed by atoms with van der Waals surface area (Å²) in [6.07, 6.45) is 3.78. The number of thiocarbonyl (C=S) groups is 1. The second-order valence-corrected chi connectivity index (χ2v) is 6.42. The summed E-state index contributed by atoms with van der Waals surface area (Å²) in [5.41, 5.74) is 6.94. The molecule has 0 atom stereocenters. The lowest BCUT2D eigenvalue weighted by Crippen LogP contribution is -2.54. The molecule has 0 aliphatic heterocycles. The molecule has 0 radical (unpaired) electrons. The van der Waals surface area contributed by atoms with Gasteiger partial charge in [0.15, 0.2) is 0 Å². The standard InChI is InChI=1S/C14H17BrN2OS/c1-9-8-10(15)4-5-11(9)12(18)17-14(13(16)19)6-2-3-7-14/h4-5,8H,2-3,6-7H2,1H3,(H2,16,19)(H,17,18). The molecule has 3 nitrogen and oxygen atoms in total. The number of carbonyl (C=O) groups excluding carboxylic acids is 1. The number of halogens is 1. The molecule has 1 amide bonds. The molecule has 0 bridgehead atoms. The number of hydrogen-bond donors (Lipinski definition) is 2.